The SMILES string of the molecule is CN1CCN(CC(=O)COc2ccccc2)CC1. The largest absolute Gasteiger partial charge is 0.486 e. The summed E-state index contributed by atoms with van der Waals surface area (Å²) in [5.41, 5.74) is 0. The highest BCUT2D eigenvalue weighted by Crippen LogP contribution is 2.08. The number of carbonyl (C=O) groups excluding carboxylic acids is 1. The van der Waals surface area contributed by atoms with Gasteiger partial charge in [-0.2, -0.15) is 0 Å². The van der Waals surface area contributed by atoms with Gasteiger partial charge < -0.3 is 9.64 Å². The summed E-state index contributed by atoms with van der Waals surface area (Å²) in [7, 11) is 2.11. The Morgan fingerprint density at radius 1 is 1.17 bits per heavy atom. The molecule has 2 rings (SSSR count). The maximum Gasteiger partial charge on any atom is 0.184 e. The van der Waals surface area contributed by atoms with Crippen molar-refractivity contribution in [2.45, 2.75) is 0 Å². The maximum atomic E-state index is 11.8. The second-order valence-electron chi connectivity index (χ2n) is 4.72. The van der Waals surface area contributed by atoms with Gasteiger partial charge >= 0.3 is 0 Å². The lowest BCUT2D eigenvalue weighted by atomic mass is 10.3. The van der Waals surface area contributed by atoms with Crippen LogP contribution in [0.5, 0.6) is 5.75 Å². The van der Waals surface area contributed by atoms with Crippen LogP contribution in [0.2, 0.25) is 0 Å². The van der Waals surface area contributed by atoms with E-state index in [0.29, 0.717) is 6.54 Å². The molecule has 0 amide bonds. The van der Waals surface area contributed by atoms with E-state index in [2.05, 4.69) is 16.8 Å². The Hall–Kier alpha value is -1.39. The quantitative estimate of drug-likeness (QED) is 0.774. The molecule has 1 aliphatic rings. The van der Waals surface area contributed by atoms with E-state index in [1.807, 2.05) is 30.3 Å². The van der Waals surface area contributed by atoms with Gasteiger partial charge in [0.1, 0.15) is 12.4 Å². The van der Waals surface area contributed by atoms with E-state index < -0.39 is 0 Å². The van der Waals surface area contributed by atoms with Crippen LogP contribution in [0.3, 0.4) is 0 Å². The molecule has 98 valence electrons. The van der Waals surface area contributed by atoms with Gasteiger partial charge in [-0.05, 0) is 19.2 Å². The van der Waals surface area contributed by atoms with Gasteiger partial charge in [0.2, 0.25) is 0 Å². The van der Waals surface area contributed by atoms with Crippen molar-refractivity contribution in [2.75, 3.05) is 46.4 Å². The van der Waals surface area contributed by atoms with Crippen LogP contribution in [0, 0.1) is 0 Å². The topological polar surface area (TPSA) is 32.8 Å². The molecule has 1 aromatic rings. The van der Waals surface area contributed by atoms with Crippen LogP contribution in [0.4, 0.5) is 0 Å². The summed E-state index contributed by atoms with van der Waals surface area (Å²) < 4.78 is 5.44. The van der Waals surface area contributed by atoms with Crippen LogP contribution in [-0.4, -0.2) is 62.0 Å². The minimum absolute atomic E-state index is 0.142. The van der Waals surface area contributed by atoms with E-state index in [1.165, 1.54) is 0 Å². The second-order valence-corrected chi connectivity index (χ2v) is 4.72. The molecule has 4 nitrogen and oxygen atoms in total. The number of likely N-dealkylation sites (N-methyl/N-ethyl adjacent to an activating group) is 1. The zero-order valence-corrected chi connectivity index (χ0v) is 10.8. The maximum absolute atomic E-state index is 11.8. The van der Waals surface area contributed by atoms with Crippen molar-refractivity contribution >= 4 is 5.78 Å². The molecule has 0 atom stereocenters. The van der Waals surface area contributed by atoms with E-state index in [4.69, 9.17) is 4.74 Å². The minimum Gasteiger partial charge on any atom is -0.486 e. The predicted molar refractivity (Wildman–Crippen MR) is 70.9 cm³/mol. The van der Waals surface area contributed by atoms with E-state index in [-0.39, 0.29) is 12.4 Å². The van der Waals surface area contributed by atoms with Crippen molar-refractivity contribution in [3.05, 3.63) is 30.3 Å². The molecule has 0 unspecified atom stereocenters. The summed E-state index contributed by atoms with van der Waals surface area (Å²) in [6.45, 7) is 4.66. The molecule has 0 saturated carbocycles. The van der Waals surface area contributed by atoms with Gasteiger partial charge in [-0.15, -0.1) is 0 Å². The number of benzene rings is 1. The first kappa shape index (κ1) is 13.1. The van der Waals surface area contributed by atoms with Crippen LogP contribution in [0.15, 0.2) is 30.3 Å². The third-order valence-corrected chi connectivity index (χ3v) is 3.14. The lowest BCUT2D eigenvalue weighted by molar-refractivity contribution is -0.122. The van der Waals surface area contributed by atoms with E-state index in [0.717, 1.165) is 31.9 Å². The first-order valence-electron chi connectivity index (χ1n) is 6.34. The summed E-state index contributed by atoms with van der Waals surface area (Å²) in [6, 6.07) is 9.46. The number of ether oxygens (including phenoxy) is 1. The number of hydrogen-bond donors (Lipinski definition) is 0. The average molecular weight is 248 g/mol. The van der Waals surface area contributed by atoms with Gasteiger partial charge in [0, 0.05) is 26.2 Å². The molecule has 0 aliphatic carbocycles. The van der Waals surface area contributed by atoms with Gasteiger partial charge in [0.05, 0.1) is 6.54 Å². The third-order valence-electron chi connectivity index (χ3n) is 3.14. The van der Waals surface area contributed by atoms with Crippen LogP contribution in [0.25, 0.3) is 0 Å². The second kappa shape index (κ2) is 6.52. The molecule has 18 heavy (non-hydrogen) atoms. The lowest BCUT2D eigenvalue weighted by Crippen LogP contribution is -2.46. The fraction of sp³-hybridized carbons (Fsp3) is 0.500. The summed E-state index contributed by atoms with van der Waals surface area (Å²) in [6.07, 6.45) is 0. The van der Waals surface area contributed by atoms with Gasteiger partial charge in [-0.25, -0.2) is 0 Å². The normalized spacial score (nSPS) is 17.6. The molecule has 0 bridgehead atoms. The molecular formula is C14H20N2O2. The number of para-hydroxylation sites is 1. The van der Waals surface area contributed by atoms with Gasteiger partial charge in [-0.1, -0.05) is 18.2 Å². The molecule has 0 radical (unpaired) electrons. The molecule has 1 saturated heterocycles. The molecule has 4 heteroatoms. The smallest absolute Gasteiger partial charge is 0.184 e. The zero-order valence-electron chi connectivity index (χ0n) is 10.8. The van der Waals surface area contributed by atoms with Crippen molar-refractivity contribution < 1.29 is 9.53 Å². The molecule has 0 N–H and O–H groups in total. The van der Waals surface area contributed by atoms with Crippen molar-refractivity contribution in [3.63, 3.8) is 0 Å². The van der Waals surface area contributed by atoms with Crippen molar-refractivity contribution in [1.29, 1.82) is 0 Å². The number of carbonyl (C=O) groups is 1. The Labute approximate surface area is 108 Å². The minimum atomic E-state index is 0.142. The lowest BCUT2D eigenvalue weighted by Gasteiger charge is -2.31. The van der Waals surface area contributed by atoms with Crippen LogP contribution >= 0.6 is 0 Å². The zero-order chi connectivity index (χ0) is 12.8. The Morgan fingerprint density at radius 3 is 2.50 bits per heavy atom. The van der Waals surface area contributed by atoms with E-state index >= 15 is 0 Å². The van der Waals surface area contributed by atoms with Gasteiger partial charge in [-0.3, -0.25) is 9.69 Å². The number of ketones is 1. The number of piperazine rings is 1. The highest BCUT2D eigenvalue weighted by atomic mass is 16.5. The Bertz CT molecular complexity index is 373. The molecule has 0 aromatic heterocycles. The monoisotopic (exact) mass is 248 g/mol. The molecule has 0 spiro atoms. The Balaban J connectivity index is 1.69. The molecular weight excluding hydrogens is 228 g/mol. The number of rotatable bonds is 5. The standard InChI is InChI=1S/C14H20N2O2/c1-15-7-9-16(10-8-15)11-13(17)12-18-14-5-3-2-4-6-14/h2-6H,7-12H2,1H3. The summed E-state index contributed by atoms with van der Waals surface area (Å²) in [5, 5.41) is 0. The fourth-order valence-electron chi connectivity index (χ4n) is 1.98. The first-order valence-corrected chi connectivity index (χ1v) is 6.34. The third kappa shape index (κ3) is 4.13. The average Bonchev–Trinajstić information content (AvgIpc) is 2.40. The molecule has 1 aliphatic heterocycles. The first-order chi connectivity index (χ1) is 8.74. The van der Waals surface area contributed by atoms with Gasteiger partial charge in [0.15, 0.2) is 5.78 Å². The van der Waals surface area contributed by atoms with E-state index in [9.17, 15) is 4.79 Å². The molecule has 1 fully saturated rings. The van der Waals surface area contributed by atoms with Crippen molar-refractivity contribution in [3.8, 4) is 5.75 Å². The number of Topliss-reactive ketones (excluding diaryl/α,β-unsaturated/α-hetero) is 1. The highest BCUT2D eigenvalue weighted by Gasteiger charge is 2.16. The Morgan fingerprint density at radius 2 is 1.83 bits per heavy atom. The Kier molecular flexibility index (Phi) is 4.73. The molecule has 1 aromatic carbocycles. The van der Waals surface area contributed by atoms with Crippen LogP contribution in [-0.2, 0) is 4.79 Å². The van der Waals surface area contributed by atoms with Gasteiger partial charge in [0.25, 0.3) is 0 Å². The molecule has 1 heterocycles. The fourth-order valence-corrected chi connectivity index (χ4v) is 1.98. The summed E-state index contributed by atoms with van der Waals surface area (Å²) >= 11 is 0. The van der Waals surface area contributed by atoms with Crippen molar-refractivity contribution in [1.82, 2.24) is 9.80 Å². The van der Waals surface area contributed by atoms with Crippen LogP contribution in [0.1, 0.15) is 0 Å². The predicted octanol–water partition coefficient (Wildman–Crippen LogP) is 0.882. The van der Waals surface area contributed by atoms with Crippen LogP contribution < -0.4 is 4.74 Å². The van der Waals surface area contributed by atoms with Crippen molar-refractivity contribution in [2.24, 2.45) is 0 Å². The summed E-state index contributed by atoms with van der Waals surface area (Å²) in [5.74, 6) is 0.896. The summed E-state index contributed by atoms with van der Waals surface area (Å²) in [4.78, 5) is 16.3. The highest BCUT2D eigenvalue weighted by molar-refractivity contribution is 5.82. The number of nitrogens with zero attached hydrogens (tertiary/aromatic N) is 2. The number of hydrogen-bond acceptors (Lipinski definition) is 4. The van der Waals surface area contributed by atoms with E-state index in [1.54, 1.807) is 0 Å².